The molecule has 1 heterocycles. The van der Waals surface area contributed by atoms with Crippen molar-refractivity contribution in [2.45, 2.75) is 20.4 Å². The Bertz CT molecular complexity index is 468. The fourth-order valence-electron chi connectivity index (χ4n) is 1.80. The molecule has 0 fully saturated rings. The zero-order valence-electron chi connectivity index (χ0n) is 9.87. The van der Waals surface area contributed by atoms with Crippen LogP contribution in [0.5, 0.6) is 0 Å². The van der Waals surface area contributed by atoms with Gasteiger partial charge in [0.1, 0.15) is 5.01 Å². The van der Waals surface area contributed by atoms with E-state index < -0.39 is 0 Å². The molecule has 1 aromatic carbocycles. The Labute approximate surface area is 100 Å². The van der Waals surface area contributed by atoms with E-state index in [1.807, 2.05) is 13.2 Å². The van der Waals surface area contributed by atoms with Crippen LogP contribution in [0.3, 0.4) is 0 Å². The molecule has 16 heavy (non-hydrogen) atoms. The molecule has 0 bridgehead atoms. The lowest BCUT2D eigenvalue weighted by Gasteiger charge is -2.01. The number of rotatable bonds is 3. The summed E-state index contributed by atoms with van der Waals surface area (Å²) in [7, 11) is 1.95. The van der Waals surface area contributed by atoms with Crippen LogP contribution in [0.1, 0.15) is 16.0 Å². The summed E-state index contributed by atoms with van der Waals surface area (Å²) in [5.74, 6) is 0. The number of aromatic nitrogens is 1. The Morgan fingerprint density at radius 2 is 1.88 bits per heavy atom. The van der Waals surface area contributed by atoms with Gasteiger partial charge >= 0.3 is 0 Å². The van der Waals surface area contributed by atoms with E-state index in [9.17, 15) is 0 Å². The highest BCUT2D eigenvalue weighted by Gasteiger charge is 2.05. The van der Waals surface area contributed by atoms with Crippen LogP contribution in [0.4, 0.5) is 0 Å². The van der Waals surface area contributed by atoms with Crippen LogP contribution >= 0.6 is 11.3 Å². The molecule has 1 aromatic heterocycles. The Kier molecular flexibility index (Phi) is 3.36. The van der Waals surface area contributed by atoms with Gasteiger partial charge < -0.3 is 5.32 Å². The first-order valence-electron chi connectivity index (χ1n) is 5.37. The van der Waals surface area contributed by atoms with Crippen molar-refractivity contribution >= 4 is 11.3 Å². The molecule has 0 aliphatic carbocycles. The van der Waals surface area contributed by atoms with E-state index in [1.54, 1.807) is 11.3 Å². The lowest BCUT2D eigenvalue weighted by molar-refractivity contribution is 0.829. The maximum Gasteiger partial charge on any atom is 0.123 e. The van der Waals surface area contributed by atoms with Crippen molar-refractivity contribution in [1.29, 1.82) is 0 Å². The van der Waals surface area contributed by atoms with E-state index in [0.717, 1.165) is 11.6 Å². The number of hydrogen-bond acceptors (Lipinski definition) is 3. The zero-order valence-corrected chi connectivity index (χ0v) is 10.7. The largest absolute Gasteiger partial charge is 0.315 e. The fraction of sp³-hybridized carbons (Fsp3) is 0.308. The van der Waals surface area contributed by atoms with Gasteiger partial charge in [-0.2, -0.15) is 0 Å². The fourth-order valence-corrected chi connectivity index (χ4v) is 2.71. The van der Waals surface area contributed by atoms with Gasteiger partial charge in [-0.05, 0) is 33.0 Å². The van der Waals surface area contributed by atoms with Gasteiger partial charge in [-0.1, -0.05) is 17.2 Å². The molecule has 0 radical (unpaired) electrons. The van der Waals surface area contributed by atoms with Gasteiger partial charge in [0.05, 0.1) is 0 Å². The van der Waals surface area contributed by atoms with Gasteiger partial charge in [-0.3, -0.25) is 0 Å². The van der Waals surface area contributed by atoms with E-state index in [-0.39, 0.29) is 0 Å². The second kappa shape index (κ2) is 4.76. The van der Waals surface area contributed by atoms with Crippen LogP contribution in [0.2, 0.25) is 0 Å². The summed E-state index contributed by atoms with van der Waals surface area (Å²) in [6.45, 7) is 5.14. The molecule has 0 saturated heterocycles. The SMILES string of the molecule is CNCc1cnc(-c2cc(C)cc(C)c2)s1. The summed E-state index contributed by atoms with van der Waals surface area (Å²) in [4.78, 5) is 5.74. The standard InChI is InChI=1S/C13H16N2S/c1-9-4-10(2)6-11(5-9)13-15-8-12(16-13)7-14-3/h4-6,8,14H,7H2,1-3H3. The van der Waals surface area contributed by atoms with Crippen molar-refractivity contribution in [1.82, 2.24) is 10.3 Å². The molecule has 3 heteroatoms. The molecule has 2 nitrogen and oxygen atoms in total. The third-order valence-corrected chi connectivity index (χ3v) is 3.42. The molecule has 2 rings (SSSR count). The summed E-state index contributed by atoms with van der Waals surface area (Å²) >= 11 is 1.75. The van der Waals surface area contributed by atoms with E-state index in [4.69, 9.17) is 0 Å². The summed E-state index contributed by atoms with van der Waals surface area (Å²) in [6, 6.07) is 6.57. The molecule has 0 amide bonds. The lowest BCUT2D eigenvalue weighted by Crippen LogP contribution is -2.02. The van der Waals surface area contributed by atoms with Crippen LogP contribution in [0.15, 0.2) is 24.4 Å². The van der Waals surface area contributed by atoms with Crippen molar-refractivity contribution in [2.75, 3.05) is 7.05 Å². The molecule has 1 N–H and O–H groups in total. The van der Waals surface area contributed by atoms with Crippen molar-refractivity contribution in [2.24, 2.45) is 0 Å². The van der Waals surface area contributed by atoms with Crippen LogP contribution in [0, 0.1) is 13.8 Å². The van der Waals surface area contributed by atoms with Crippen LogP contribution in [0.25, 0.3) is 10.6 Å². The number of benzene rings is 1. The first-order valence-corrected chi connectivity index (χ1v) is 6.18. The van der Waals surface area contributed by atoms with E-state index in [0.29, 0.717) is 0 Å². The summed E-state index contributed by atoms with van der Waals surface area (Å²) < 4.78 is 0. The number of nitrogens with zero attached hydrogens (tertiary/aromatic N) is 1. The van der Waals surface area contributed by atoms with E-state index in [2.05, 4.69) is 42.3 Å². The normalized spacial score (nSPS) is 10.7. The Hall–Kier alpha value is -1.19. The molecule has 84 valence electrons. The maximum absolute atomic E-state index is 4.47. The highest BCUT2D eigenvalue weighted by molar-refractivity contribution is 7.15. The van der Waals surface area contributed by atoms with Crippen molar-refractivity contribution < 1.29 is 0 Å². The predicted molar refractivity (Wildman–Crippen MR) is 69.8 cm³/mol. The zero-order chi connectivity index (χ0) is 11.5. The minimum Gasteiger partial charge on any atom is -0.315 e. The second-order valence-electron chi connectivity index (χ2n) is 4.04. The minimum atomic E-state index is 0.891. The molecule has 0 unspecified atom stereocenters. The molecule has 0 saturated carbocycles. The quantitative estimate of drug-likeness (QED) is 0.879. The van der Waals surface area contributed by atoms with Gasteiger partial charge in [-0.25, -0.2) is 4.98 Å². The van der Waals surface area contributed by atoms with E-state index in [1.165, 1.54) is 21.6 Å². The van der Waals surface area contributed by atoms with Gasteiger partial charge in [-0.15, -0.1) is 11.3 Å². The molecule has 0 aliphatic rings. The Morgan fingerprint density at radius 1 is 1.19 bits per heavy atom. The molecular weight excluding hydrogens is 216 g/mol. The van der Waals surface area contributed by atoms with Gasteiger partial charge in [0.2, 0.25) is 0 Å². The third-order valence-electron chi connectivity index (χ3n) is 2.37. The number of nitrogens with one attached hydrogen (secondary N) is 1. The van der Waals surface area contributed by atoms with Gasteiger partial charge in [0, 0.05) is 23.2 Å². The number of aryl methyl sites for hydroxylation is 2. The first kappa shape index (κ1) is 11.3. The van der Waals surface area contributed by atoms with E-state index >= 15 is 0 Å². The Balaban J connectivity index is 2.34. The van der Waals surface area contributed by atoms with Crippen molar-refractivity contribution in [3.8, 4) is 10.6 Å². The topological polar surface area (TPSA) is 24.9 Å². The molecule has 2 aromatic rings. The number of hydrogen-bond donors (Lipinski definition) is 1. The minimum absolute atomic E-state index is 0.891. The van der Waals surface area contributed by atoms with Crippen molar-refractivity contribution in [3.05, 3.63) is 40.4 Å². The van der Waals surface area contributed by atoms with Crippen LogP contribution in [-0.4, -0.2) is 12.0 Å². The first-order chi connectivity index (χ1) is 7.69. The second-order valence-corrected chi connectivity index (χ2v) is 5.15. The highest BCUT2D eigenvalue weighted by Crippen LogP contribution is 2.26. The van der Waals surface area contributed by atoms with Crippen LogP contribution in [-0.2, 0) is 6.54 Å². The molecule has 0 spiro atoms. The summed E-state index contributed by atoms with van der Waals surface area (Å²) in [5.41, 5.74) is 3.81. The third kappa shape index (κ3) is 2.49. The highest BCUT2D eigenvalue weighted by atomic mass is 32.1. The van der Waals surface area contributed by atoms with Gasteiger partial charge in [0.15, 0.2) is 0 Å². The lowest BCUT2D eigenvalue weighted by atomic mass is 10.1. The Morgan fingerprint density at radius 3 is 2.50 bits per heavy atom. The average molecular weight is 232 g/mol. The summed E-state index contributed by atoms with van der Waals surface area (Å²) in [6.07, 6.45) is 1.95. The van der Waals surface area contributed by atoms with Crippen LogP contribution < -0.4 is 5.32 Å². The smallest absolute Gasteiger partial charge is 0.123 e. The monoisotopic (exact) mass is 232 g/mol. The molecule has 0 atom stereocenters. The maximum atomic E-state index is 4.47. The predicted octanol–water partition coefficient (Wildman–Crippen LogP) is 3.15. The van der Waals surface area contributed by atoms with Gasteiger partial charge in [0.25, 0.3) is 0 Å². The molecule has 0 aliphatic heterocycles. The van der Waals surface area contributed by atoms with Crippen molar-refractivity contribution in [3.63, 3.8) is 0 Å². The summed E-state index contributed by atoms with van der Waals surface area (Å²) in [5, 5.41) is 4.25. The number of thiazole rings is 1. The molecular formula is C13H16N2S. The average Bonchev–Trinajstić information content (AvgIpc) is 2.65.